The van der Waals surface area contributed by atoms with Gasteiger partial charge in [-0.3, -0.25) is 14.4 Å². The van der Waals surface area contributed by atoms with Crippen LogP contribution in [0.1, 0.15) is 36.9 Å². The van der Waals surface area contributed by atoms with E-state index in [4.69, 9.17) is 20.9 Å². The molecule has 0 spiro atoms. The van der Waals surface area contributed by atoms with Crippen LogP contribution in [-0.4, -0.2) is 31.1 Å². The summed E-state index contributed by atoms with van der Waals surface area (Å²) >= 11 is 5.86. The van der Waals surface area contributed by atoms with Gasteiger partial charge in [0.25, 0.3) is 15.9 Å². The lowest BCUT2D eigenvalue weighted by Crippen LogP contribution is -2.38. The van der Waals surface area contributed by atoms with Crippen LogP contribution in [0.2, 0.25) is 5.02 Å². The second-order valence-electron chi connectivity index (χ2n) is 7.69. The van der Waals surface area contributed by atoms with E-state index in [0.29, 0.717) is 33.9 Å². The summed E-state index contributed by atoms with van der Waals surface area (Å²) in [5.41, 5.74) is 0.696. The van der Waals surface area contributed by atoms with Crippen molar-refractivity contribution < 1.29 is 22.5 Å². The highest BCUT2D eigenvalue weighted by Crippen LogP contribution is 2.37. The summed E-state index contributed by atoms with van der Waals surface area (Å²) < 4.78 is 39.1. The Morgan fingerprint density at radius 2 is 1.94 bits per heavy atom. The number of ether oxygens (including phenoxy) is 1. The monoisotopic (exact) mass is 474 g/mol. The summed E-state index contributed by atoms with van der Waals surface area (Å²) in [6.07, 6.45) is 3.17. The number of hydrogen-bond donors (Lipinski definition) is 1. The van der Waals surface area contributed by atoms with Gasteiger partial charge >= 0.3 is 0 Å². The molecule has 0 bridgehead atoms. The number of anilines is 2. The maximum atomic E-state index is 12.9. The average molecular weight is 475 g/mol. The number of amides is 1. The predicted molar refractivity (Wildman–Crippen MR) is 116 cm³/mol. The van der Waals surface area contributed by atoms with Crippen molar-refractivity contribution in [1.29, 1.82) is 0 Å². The highest BCUT2D eigenvalue weighted by atomic mass is 35.5. The van der Waals surface area contributed by atoms with Gasteiger partial charge < -0.3 is 9.26 Å². The second-order valence-corrected chi connectivity index (χ2v) is 9.81. The van der Waals surface area contributed by atoms with E-state index in [1.54, 1.807) is 24.3 Å². The lowest BCUT2D eigenvalue weighted by atomic mass is 9.85. The van der Waals surface area contributed by atoms with Gasteiger partial charge in [-0.1, -0.05) is 23.2 Å². The molecular formula is C21H19ClN4O5S. The van der Waals surface area contributed by atoms with Crippen LogP contribution in [0, 0.1) is 0 Å². The van der Waals surface area contributed by atoms with Crippen molar-refractivity contribution in [2.75, 3.05) is 16.2 Å². The van der Waals surface area contributed by atoms with Gasteiger partial charge in [0.1, 0.15) is 5.75 Å². The van der Waals surface area contributed by atoms with E-state index in [2.05, 4.69) is 14.9 Å². The molecule has 2 aliphatic rings. The van der Waals surface area contributed by atoms with Crippen molar-refractivity contribution >= 4 is 38.9 Å². The minimum atomic E-state index is -3.91. The Hall–Kier alpha value is -3.11. The van der Waals surface area contributed by atoms with Crippen LogP contribution >= 0.6 is 11.6 Å². The molecule has 1 aliphatic heterocycles. The molecule has 0 atom stereocenters. The third-order valence-corrected chi connectivity index (χ3v) is 7.15. The number of aromatic nitrogens is 2. The fourth-order valence-corrected chi connectivity index (χ4v) is 4.75. The molecule has 0 unspecified atom stereocenters. The van der Waals surface area contributed by atoms with Gasteiger partial charge in [-0.05, 0) is 55.3 Å². The summed E-state index contributed by atoms with van der Waals surface area (Å²) in [7, 11) is -3.91. The van der Waals surface area contributed by atoms with E-state index in [9.17, 15) is 13.2 Å². The maximum absolute atomic E-state index is 12.9. The van der Waals surface area contributed by atoms with Crippen LogP contribution in [0.4, 0.5) is 11.4 Å². The molecule has 32 heavy (non-hydrogen) atoms. The van der Waals surface area contributed by atoms with Gasteiger partial charge in [0, 0.05) is 16.6 Å². The van der Waals surface area contributed by atoms with Crippen molar-refractivity contribution in [3.8, 4) is 5.75 Å². The van der Waals surface area contributed by atoms with Crippen LogP contribution in [0.15, 0.2) is 51.9 Å². The van der Waals surface area contributed by atoms with Crippen LogP contribution < -0.4 is 14.4 Å². The number of fused-ring (bicyclic) bond motifs is 1. The molecule has 5 rings (SSSR count). The largest absolute Gasteiger partial charge is 0.482 e. The lowest BCUT2D eigenvalue weighted by molar-refractivity contribution is -0.121. The minimum absolute atomic E-state index is 0.0160. The number of sulfonamides is 1. The van der Waals surface area contributed by atoms with Gasteiger partial charge in [-0.2, -0.15) is 4.98 Å². The Morgan fingerprint density at radius 3 is 2.66 bits per heavy atom. The molecule has 3 aromatic rings. The zero-order chi connectivity index (χ0) is 22.3. The smallest absolute Gasteiger partial charge is 0.265 e. The van der Waals surface area contributed by atoms with Crippen molar-refractivity contribution in [1.82, 2.24) is 10.1 Å². The average Bonchev–Trinajstić information content (AvgIpc) is 3.18. The summed E-state index contributed by atoms with van der Waals surface area (Å²) in [6.45, 7) is -0.102. The third kappa shape index (κ3) is 4.03. The molecular weight excluding hydrogens is 456 g/mol. The molecule has 1 saturated carbocycles. The Kier molecular flexibility index (Phi) is 5.26. The first kappa shape index (κ1) is 20.8. The number of hydrogen-bond acceptors (Lipinski definition) is 7. The number of nitrogens with zero attached hydrogens (tertiary/aromatic N) is 3. The first-order valence-corrected chi connectivity index (χ1v) is 11.9. The molecule has 1 amide bonds. The number of carbonyl (C=O) groups excluding carboxylic acids is 1. The summed E-state index contributed by atoms with van der Waals surface area (Å²) in [6, 6.07) is 10.7. The molecule has 0 radical (unpaired) electrons. The van der Waals surface area contributed by atoms with E-state index in [0.717, 1.165) is 19.3 Å². The van der Waals surface area contributed by atoms with E-state index in [1.807, 2.05) is 0 Å². The normalized spacial score (nSPS) is 16.3. The number of nitrogens with one attached hydrogen (secondary N) is 1. The fourth-order valence-electron chi connectivity index (χ4n) is 3.55. The standard InChI is InChI=1S/C21H19ClN4O5S/c22-14-4-6-15(7-5-14)25-32(28,29)16-8-9-18-17(10-16)26(20(27)12-30-18)11-19-23-21(31-24-19)13-2-1-3-13/h4-10,13,25H,1-3,11-12H2. The maximum Gasteiger partial charge on any atom is 0.265 e. The highest BCUT2D eigenvalue weighted by Gasteiger charge is 2.30. The lowest BCUT2D eigenvalue weighted by Gasteiger charge is -2.28. The van der Waals surface area contributed by atoms with Gasteiger partial charge in [0.05, 0.1) is 17.1 Å². The number of benzene rings is 2. The quantitative estimate of drug-likeness (QED) is 0.579. The number of rotatable bonds is 6. The summed E-state index contributed by atoms with van der Waals surface area (Å²) in [5, 5.41) is 4.49. The molecule has 11 heteroatoms. The molecule has 1 N–H and O–H groups in total. The Labute approximate surface area is 189 Å². The summed E-state index contributed by atoms with van der Waals surface area (Å²) in [5.74, 6) is 1.29. The van der Waals surface area contributed by atoms with Crippen molar-refractivity contribution in [2.24, 2.45) is 0 Å². The van der Waals surface area contributed by atoms with Gasteiger partial charge in [0.2, 0.25) is 5.89 Å². The molecule has 1 aliphatic carbocycles. The zero-order valence-electron chi connectivity index (χ0n) is 16.8. The molecule has 9 nitrogen and oxygen atoms in total. The van der Waals surface area contributed by atoms with E-state index in [1.165, 1.54) is 23.1 Å². The van der Waals surface area contributed by atoms with Crippen LogP contribution in [0.25, 0.3) is 0 Å². The topological polar surface area (TPSA) is 115 Å². The molecule has 2 heterocycles. The Morgan fingerprint density at radius 1 is 1.16 bits per heavy atom. The molecule has 0 saturated heterocycles. The number of halogens is 1. The van der Waals surface area contributed by atoms with Crippen LogP contribution in [-0.2, 0) is 21.4 Å². The Bertz CT molecular complexity index is 1270. The van der Waals surface area contributed by atoms with Gasteiger partial charge in [-0.25, -0.2) is 8.42 Å². The number of carbonyl (C=O) groups is 1. The summed E-state index contributed by atoms with van der Waals surface area (Å²) in [4.78, 5) is 18.4. The van der Waals surface area contributed by atoms with Crippen LogP contribution in [0.3, 0.4) is 0 Å². The van der Waals surface area contributed by atoms with E-state index >= 15 is 0 Å². The SMILES string of the molecule is O=C1COc2ccc(S(=O)(=O)Nc3ccc(Cl)cc3)cc2N1Cc1noc(C2CCC2)n1. The van der Waals surface area contributed by atoms with Crippen molar-refractivity contribution in [2.45, 2.75) is 36.6 Å². The van der Waals surface area contributed by atoms with Crippen molar-refractivity contribution in [3.63, 3.8) is 0 Å². The molecule has 1 aromatic heterocycles. The molecule has 1 fully saturated rings. The minimum Gasteiger partial charge on any atom is -0.482 e. The Balaban J connectivity index is 1.42. The predicted octanol–water partition coefficient (Wildman–Crippen LogP) is 3.72. The molecule has 166 valence electrons. The van der Waals surface area contributed by atoms with E-state index in [-0.39, 0.29) is 29.9 Å². The van der Waals surface area contributed by atoms with Crippen molar-refractivity contribution in [3.05, 3.63) is 59.2 Å². The zero-order valence-corrected chi connectivity index (χ0v) is 18.4. The highest BCUT2D eigenvalue weighted by molar-refractivity contribution is 7.92. The van der Waals surface area contributed by atoms with Gasteiger partial charge in [0.15, 0.2) is 12.4 Å². The van der Waals surface area contributed by atoms with E-state index < -0.39 is 10.0 Å². The van der Waals surface area contributed by atoms with Crippen LogP contribution in [0.5, 0.6) is 5.75 Å². The fraction of sp³-hybridized carbons (Fsp3) is 0.286. The van der Waals surface area contributed by atoms with Gasteiger partial charge in [-0.15, -0.1) is 0 Å². The second kappa shape index (κ2) is 8.10. The first-order valence-electron chi connectivity index (χ1n) is 10.1. The molecule has 2 aromatic carbocycles. The third-order valence-electron chi connectivity index (χ3n) is 5.52. The first-order chi connectivity index (χ1) is 15.4.